The molecule has 80 valence electrons. The molecule has 1 aromatic carbocycles. The Balaban J connectivity index is 2.48. The van der Waals surface area contributed by atoms with Crippen LogP contribution >= 0.6 is 0 Å². The van der Waals surface area contributed by atoms with Crippen molar-refractivity contribution in [2.75, 3.05) is 0 Å². The number of Topliss-reactive ketones (excluding diaryl/α,β-unsaturated/α-hetero) is 1. The van der Waals surface area contributed by atoms with E-state index in [1.807, 2.05) is 12.1 Å². The maximum Gasteiger partial charge on any atom is 0.192 e. The minimum atomic E-state index is -0.0677. The Morgan fingerprint density at radius 3 is 3.00 bits per heavy atom. The van der Waals surface area contributed by atoms with Crippen LogP contribution in [0.25, 0.3) is 22.0 Å². The lowest BCUT2D eigenvalue weighted by Crippen LogP contribution is -1.92. The highest BCUT2D eigenvalue weighted by molar-refractivity contribution is 6.10. The molecule has 3 aromatic rings. The molecule has 0 unspecified atom stereocenters. The van der Waals surface area contributed by atoms with Crippen LogP contribution in [-0.2, 0) is 0 Å². The predicted octanol–water partition coefficient (Wildman–Crippen LogP) is 2.22. The van der Waals surface area contributed by atoms with Crippen LogP contribution in [0.2, 0.25) is 0 Å². The van der Waals surface area contributed by atoms with E-state index in [1.54, 1.807) is 6.92 Å². The van der Waals surface area contributed by atoms with Gasteiger partial charge >= 0.3 is 0 Å². The van der Waals surface area contributed by atoms with Gasteiger partial charge in [-0.1, -0.05) is 0 Å². The van der Waals surface area contributed by atoms with Crippen molar-refractivity contribution in [2.24, 2.45) is 0 Å². The molecule has 5 nitrogen and oxygen atoms in total. The SMILES string of the molecule is CC(=O)c1n[nH]c2c1ccc1nc(C)oc12. The van der Waals surface area contributed by atoms with Crippen LogP contribution in [0.5, 0.6) is 0 Å². The summed E-state index contributed by atoms with van der Waals surface area (Å²) in [6.07, 6.45) is 0. The second-order valence-electron chi connectivity index (χ2n) is 3.70. The smallest absolute Gasteiger partial charge is 0.192 e. The molecule has 0 aliphatic carbocycles. The molecule has 0 aliphatic heterocycles. The Bertz CT molecular complexity index is 708. The number of benzene rings is 1. The van der Waals surface area contributed by atoms with Crippen molar-refractivity contribution in [1.29, 1.82) is 0 Å². The fourth-order valence-corrected chi connectivity index (χ4v) is 1.85. The number of nitrogens with zero attached hydrogens (tertiary/aromatic N) is 2. The third-order valence-corrected chi connectivity index (χ3v) is 2.53. The average molecular weight is 215 g/mol. The van der Waals surface area contributed by atoms with Crippen LogP contribution < -0.4 is 0 Å². The maximum atomic E-state index is 11.3. The van der Waals surface area contributed by atoms with E-state index in [-0.39, 0.29) is 5.78 Å². The zero-order chi connectivity index (χ0) is 11.3. The molecule has 16 heavy (non-hydrogen) atoms. The zero-order valence-corrected chi connectivity index (χ0v) is 8.87. The number of carbonyl (C=O) groups excluding carboxylic acids is 1. The number of ketones is 1. The molecule has 2 aromatic heterocycles. The monoisotopic (exact) mass is 215 g/mol. The average Bonchev–Trinajstić information content (AvgIpc) is 2.77. The summed E-state index contributed by atoms with van der Waals surface area (Å²) in [6, 6.07) is 3.66. The summed E-state index contributed by atoms with van der Waals surface area (Å²) < 4.78 is 5.48. The van der Waals surface area contributed by atoms with Gasteiger partial charge in [0.2, 0.25) is 0 Å². The van der Waals surface area contributed by atoms with Crippen LogP contribution in [-0.4, -0.2) is 21.0 Å². The third kappa shape index (κ3) is 1.08. The Morgan fingerprint density at radius 2 is 2.25 bits per heavy atom. The zero-order valence-electron chi connectivity index (χ0n) is 8.87. The van der Waals surface area contributed by atoms with Crippen molar-refractivity contribution in [3.05, 3.63) is 23.7 Å². The highest BCUT2D eigenvalue weighted by Crippen LogP contribution is 2.26. The van der Waals surface area contributed by atoms with Gasteiger partial charge in [0.15, 0.2) is 17.3 Å². The van der Waals surface area contributed by atoms with E-state index < -0.39 is 0 Å². The summed E-state index contributed by atoms with van der Waals surface area (Å²) in [4.78, 5) is 15.6. The molecule has 0 spiro atoms. The second kappa shape index (κ2) is 2.91. The Labute approximate surface area is 90.5 Å². The molecule has 0 amide bonds. The Kier molecular flexibility index (Phi) is 1.65. The summed E-state index contributed by atoms with van der Waals surface area (Å²) in [5.74, 6) is 0.531. The molecule has 0 fully saturated rings. The molecule has 0 saturated heterocycles. The van der Waals surface area contributed by atoms with E-state index in [0.29, 0.717) is 17.2 Å². The molecule has 0 radical (unpaired) electrons. The number of fused-ring (bicyclic) bond motifs is 3. The van der Waals surface area contributed by atoms with Gasteiger partial charge in [0.25, 0.3) is 0 Å². The molecular formula is C11H9N3O2. The highest BCUT2D eigenvalue weighted by Gasteiger charge is 2.14. The molecule has 2 heterocycles. The minimum absolute atomic E-state index is 0.0677. The lowest BCUT2D eigenvalue weighted by molar-refractivity contribution is 0.101. The van der Waals surface area contributed by atoms with Gasteiger partial charge in [-0.3, -0.25) is 9.89 Å². The Morgan fingerprint density at radius 1 is 1.44 bits per heavy atom. The lowest BCUT2D eigenvalue weighted by Gasteiger charge is -1.90. The molecule has 0 aliphatic rings. The summed E-state index contributed by atoms with van der Waals surface area (Å²) in [5, 5.41) is 7.59. The second-order valence-corrected chi connectivity index (χ2v) is 3.70. The number of aromatic nitrogens is 3. The first kappa shape index (κ1) is 9.08. The number of carbonyl (C=O) groups is 1. The third-order valence-electron chi connectivity index (χ3n) is 2.53. The van der Waals surface area contributed by atoms with E-state index in [2.05, 4.69) is 15.2 Å². The van der Waals surface area contributed by atoms with Crippen molar-refractivity contribution >= 4 is 27.8 Å². The van der Waals surface area contributed by atoms with Gasteiger partial charge in [0.1, 0.15) is 16.7 Å². The molecule has 5 heteroatoms. The van der Waals surface area contributed by atoms with Crippen LogP contribution in [0.4, 0.5) is 0 Å². The lowest BCUT2D eigenvalue weighted by atomic mass is 10.1. The molecule has 1 N–H and O–H groups in total. The number of hydrogen-bond donors (Lipinski definition) is 1. The fraction of sp³-hybridized carbons (Fsp3) is 0.182. The molecule has 0 atom stereocenters. The van der Waals surface area contributed by atoms with Crippen LogP contribution in [0.1, 0.15) is 23.3 Å². The maximum absolute atomic E-state index is 11.3. The standard InChI is InChI=1S/C11H9N3O2/c1-5(15)9-7-3-4-8-11(10(7)14-13-9)16-6(2)12-8/h3-4H,1-2H3,(H,13,14). The van der Waals surface area contributed by atoms with Crippen LogP contribution in [0, 0.1) is 6.92 Å². The summed E-state index contributed by atoms with van der Waals surface area (Å²) in [5.41, 5.74) is 2.58. The first-order chi connectivity index (χ1) is 7.66. The molecule has 0 saturated carbocycles. The predicted molar refractivity (Wildman–Crippen MR) is 58.4 cm³/mol. The number of hydrogen-bond acceptors (Lipinski definition) is 4. The van der Waals surface area contributed by atoms with Gasteiger partial charge in [-0.15, -0.1) is 0 Å². The largest absolute Gasteiger partial charge is 0.439 e. The number of aromatic amines is 1. The molecule has 3 rings (SSSR count). The minimum Gasteiger partial charge on any atom is -0.439 e. The number of oxazole rings is 1. The summed E-state index contributed by atoms with van der Waals surface area (Å²) >= 11 is 0. The normalized spacial score (nSPS) is 11.4. The quantitative estimate of drug-likeness (QED) is 0.632. The summed E-state index contributed by atoms with van der Waals surface area (Å²) in [6.45, 7) is 3.28. The van der Waals surface area contributed by atoms with Gasteiger partial charge < -0.3 is 4.42 Å². The van der Waals surface area contributed by atoms with Gasteiger partial charge in [0.05, 0.1) is 0 Å². The van der Waals surface area contributed by atoms with E-state index in [9.17, 15) is 4.79 Å². The van der Waals surface area contributed by atoms with Gasteiger partial charge in [-0.25, -0.2) is 4.98 Å². The van der Waals surface area contributed by atoms with E-state index in [0.717, 1.165) is 16.4 Å². The number of nitrogens with one attached hydrogen (secondary N) is 1. The van der Waals surface area contributed by atoms with Gasteiger partial charge in [-0.05, 0) is 12.1 Å². The van der Waals surface area contributed by atoms with Gasteiger partial charge in [-0.2, -0.15) is 5.10 Å². The number of H-pyrrole nitrogens is 1. The number of rotatable bonds is 1. The van der Waals surface area contributed by atoms with Crippen molar-refractivity contribution < 1.29 is 9.21 Å². The first-order valence-corrected chi connectivity index (χ1v) is 4.92. The van der Waals surface area contributed by atoms with Crippen molar-refractivity contribution in [3.8, 4) is 0 Å². The van der Waals surface area contributed by atoms with Crippen LogP contribution in [0.15, 0.2) is 16.5 Å². The van der Waals surface area contributed by atoms with Crippen molar-refractivity contribution in [2.45, 2.75) is 13.8 Å². The highest BCUT2D eigenvalue weighted by atomic mass is 16.3. The molecule has 0 bridgehead atoms. The van der Waals surface area contributed by atoms with E-state index in [1.165, 1.54) is 6.92 Å². The van der Waals surface area contributed by atoms with E-state index in [4.69, 9.17) is 4.42 Å². The molecular weight excluding hydrogens is 206 g/mol. The fourth-order valence-electron chi connectivity index (χ4n) is 1.85. The van der Waals surface area contributed by atoms with Crippen LogP contribution in [0.3, 0.4) is 0 Å². The number of aryl methyl sites for hydroxylation is 1. The summed E-state index contributed by atoms with van der Waals surface area (Å²) in [7, 11) is 0. The van der Waals surface area contributed by atoms with Gasteiger partial charge in [0, 0.05) is 19.2 Å². The van der Waals surface area contributed by atoms with Crippen molar-refractivity contribution in [1.82, 2.24) is 15.2 Å². The Hall–Kier alpha value is -2.17. The van der Waals surface area contributed by atoms with E-state index >= 15 is 0 Å². The topological polar surface area (TPSA) is 71.8 Å². The first-order valence-electron chi connectivity index (χ1n) is 4.92. The van der Waals surface area contributed by atoms with Crippen molar-refractivity contribution in [3.63, 3.8) is 0 Å².